The fourth-order valence-corrected chi connectivity index (χ4v) is 2.96. The van der Waals surface area contributed by atoms with E-state index in [9.17, 15) is 13.6 Å². The van der Waals surface area contributed by atoms with Gasteiger partial charge in [-0.05, 0) is 38.1 Å². The summed E-state index contributed by atoms with van der Waals surface area (Å²) < 4.78 is 38.1. The Labute approximate surface area is 160 Å². The van der Waals surface area contributed by atoms with Gasteiger partial charge in [0.05, 0.1) is 26.5 Å². The number of rotatable bonds is 6. The molecule has 2 heterocycles. The van der Waals surface area contributed by atoms with Crippen LogP contribution in [0, 0.1) is 6.92 Å². The largest absolute Gasteiger partial charge is 0.497 e. The lowest BCUT2D eigenvalue weighted by Crippen LogP contribution is -2.27. The highest BCUT2D eigenvalue weighted by Gasteiger charge is 2.22. The molecule has 1 unspecified atom stereocenters. The number of methoxy groups -OCH3 is 2. The van der Waals surface area contributed by atoms with Crippen LogP contribution in [0.4, 0.5) is 8.78 Å². The van der Waals surface area contributed by atoms with E-state index in [1.54, 1.807) is 39.2 Å². The lowest BCUT2D eigenvalue weighted by atomic mass is 10.1. The van der Waals surface area contributed by atoms with Gasteiger partial charge in [0.25, 0.3) is 12.3 Å². The Morgan fingerprint density at radius 3 is 2.61 bits per heavy atom. The van der Waals surface area contributed by atoms with Crippen molar-refractivity contribution < 1.29 is 23.0 Å². The van der Waals surface area contributed by atoms with Crippen LogP contribution in [0.25, 0.3) is 5.65 Å². The molecule has 28 heavy (non-hydrogen) atoms. The molecule has 0 aliphatic rings. The molecule has 2 aromatic heterocycles. The quantitative estimate of drug-likeness (QED) is 0.697. The van der Waals surface area contributed by atoms with E-state index in [0.29, 0.717) is 22.8 Å². The van der Waals surface area contributed by atoms with Gasteiger partial charge >= 0.3 is 0 Å². The topological polar surface area (TPSA) is 77.8 Å². The Bertz CT molecular complexity index is 1020. The fourth-order valence-electron chi connectivity index (χ4n) is 2.96. The molecular weight excluding hydrogens is 370 g/mol. The minimum atomic E-state index is -2.74. The minimum absolute atomic E-state index is 0.0811. The van der Waals surface area contributed by atoms with E-state index < -0.39 is 18.4 Å². The lowest BCUT2D eigenvalue weighted by Gasteiger charge is -2.18. The number of carbonyl (C=O) groups excluding carboxylic acids is 1. The molecule has 3 aromatic rings. The van der Waals surface area contributed by atoms with Gasteiger partial charge in [0, 0.05) is 11.3 Å². The van der Waals surface area contributed by atoms with Crippen molar-refractivity contribution in [1.29, 1.82) is 0 Å². The first kappa shape index (κ1) is 19.5. The van der Waals surface area contributed by atoms with Gasteiger partial charge in [0.2, 0.25) is 0 Å². The summed E-state index contributed by atoms with van der Waals surface area (Å²) in [5, 5.41) is 6.74. The molecule has 7 nitrogen and oxygen atoms in total. The average Bonchev–Trinajstić information content (AvgIpc) is 3.10. The number of hydrogen-bond acceptors (Lipinski definition) is 5. The number of amides is 1. The van der Waals surface area contributed by atoms with Crippen molar-refractivity contribution in [3.8, 4) is 11.5 Å². The van der Waals surface area contributed by atoms with Crippen molar-refractivity contribution in [3.05, 3.63) is 53.0 Å². The van der Waals surface area contributed by atoms with Gasteiger partial charge in [-0.25, -0.2) is 18.3 Å². The number of hydrogen-bond donors (Lipinski definition) is 1. The molecule has 0 spiro atoms. The minimum Gasteiger partial charge on any atom is -0.497 e. The summed E-state index contributed by atoms with van der Waals surface area (Å²) >= 11 is 0. The Balaban J connectivity index is 1.94. The molecule has 0 saturated heterocycles. The van der Waals surface area contributed by atoms with Gasteiger partial charge in [0.15, 0.2) is 5.65 Å². The van der Waals surface area contributed by atoms with E-state index in [0.717, 1.165) is 4.52 Å². The fraction of sp³-hybridized carbons (Fsp3) is 0.316. The van der Waals surface area contributed by atoms with E-state index >= 15 is 0 Å². The first-order valence-electron chi connectivity index (χ1n) is 8.52. The zero-order valence-corrected chi connectivity index (χ0v) is 15.9. The normalized spacial score (nSPS) is 12.2. The molecule has 0 radical (unpaired) electrons. The van der Waals surface area contributed by atoms with Crippen molar-refractivity contribution in [2.24, 2.45) is 0 Å². The SMILES string of the molecule is COc1ccc(OC)c(C(C)NC(=O)c2cnn3c(C(F)F)cc(C)nc23)c1. The number of nitrogens with one attached hydrogen (secondary N) is 1. The molecule has 0 aliphatic heterocycles. The Morgan fingerprint density at radius 2 is 1.96 bits per heavy atom. The van der Waals surface area contributed by atoms with Gasteiger partial charge in [0.1, 0.15) is 22.8 Å². The van der Waals surface area contributed by atoms with Gasteiger partial charge in [-0.15, -0.1) is 0 Å². The number of ether oxygens (including phenoxy) is 2. The number of aromatic nitrogens is 3. The molecule has 9 heteroatoms. The second-order valence-corrected chi connectivity index (χ2v) is 6.22. The third kappa shape index (κ3) is 3.60. The van der Waals surface area contributed by atoms with Crippen LogP contribution in [0.1, 0.15) is 46.7 Å². The van der Waals surface area contributed by atoms with Crippen LogP contribution >= 0.6 is 0 Å². The maximum atomic E-state index is 13.3. The monoisotopic (exact) mass is 390 g/mol. The van der Waals surface area contributed by atoms with Crippen LogP contribution in [0.2, 0.25) is 0 Å². The highest BCUT2D eigenvalue weighted by atomic mass is 19.3. The highest BCUT2D eigenvalue weighted by Crippen LogP contribution is 2.29. The standard InChI is InChI=1S/C19H20F2N4O3/c1-10-7-15(17(20)21)25-18(23-10)14(9-22-25)19(26)24-11(2)13-8-12(27-3)5-6-16(13)28-4/h5-9,11,17H,1-4H3,(H,24,26). The van der Waals surface area contributed by atoms with E-state index in [4.69, 9.17) is 9.47 Å². The predicted molar refractivity (Wildman–Crippen MR) is 98.1 cm³/mol. The Kier molecular flexibility index (Phi) is 5.43. The molecule has 3 rings (SSSR count). The second-order valence-electron chi connectivity index (χ2n) is 6.22. The van der Waals surface area contributed by atoms with Crippen molar-refractivity contribution in [2.75, 3.05) is 14.2 Å². The van der Waals surface area contributed by atoms with E-state index in [1.165, 1.54) is 19.4 Å². The number of alkyl halides is 2. The molecule has 0 aliphatic carbocycles. The maximum absolute atomic E-state index is 13.3. The molecule has 0 bridgehead atoms. The van der Waals surface area contributed by atoms with E-state index in [1.807, 2.05) is 0 Å². The summed E-state index contributed by atoms with van der Waals surface area (Å²) in [6, 6.07) is 6.06. The third-order valence-electron chi connectivity index (χ3n) is 4.35. The van der Waals surface area contributed by atoms with Crippen LogP contribution in [-0.4, -0.2) is 34.7 Å². The molecule has 1 aromatic carbocycles. The summed E-state index contributed by atoms with van der Waals surface area (Å²) in [5.41, 5.74) is 0.963. The highest BCUT2D eigenvalue weighted by molar-refractivity contribution is 5.99. The molecule has 0 fully saturated rings. The third-order valence-corrected chi connectivity index (χ3v) is 4.35. The zero-order valence-electron chi connectivity index (χ0n) is 15.9. The summed E-state index contributed by atoms with van der Waals surface area (Å²) in [7, 11) is 3.08. The second kappa shape index (κ2) is 7.79. The van der Waals surface area contributed by atoms with Crippen molar-refractivity contribution in [1.82, 2.24) is 19.9 Å². The number of aryl methyl sites for hydroxylation is 1. The molecule has 0 saturated carbocycles. The van der Waals surface area contributed by atoms with Crippen LogP contribution in [-0.2, 0) is 0 Å². The van der Waals surface area contributed by atoms with Gasteiger partial charge < -0.3 is 14.8 Å². The Hall–Kier alpha value is -3.23. The summed E-state index contributed by atoms with van der Waals surface area (Å²) in [5.74, 6) is 0.722. The summed E-state index contributed by atoms with van der Waals surface area (Å²) in [4.78, 5) is 17.0. The summed E-state index contributed by atoms with van der Waals surface area (Å²) in [6.45, 7) is 3.37. The predicted octanol–water partition coefficient (Wildman–Crippen LogP) is 3.48. The number of halogens is 2. The molecule has 1 N–H and O–H groups in total. The van der Waals surface area contributed by atoms with E-state index in [2.05, 4.69) is 15.4 Å². The molecular formula is C19H20F2N4O3. The van der Waals surface area contributed by atoms with Crippen LogP contribution in [0.3, 0.4) is 0 Å². The number of fused-ring (bicyclic) bond motifs is 1. The smallest absolute Gasteiger partial charge is 0.280 e. The van der Waals surface area contributed by atoms with Crippen molar-refractivity contribution in [2.45, 2.75) is 26.3 Å². The summed E-state index contributed by atoms with van der Waals surface area (Å²) in [6.07, 6.45) is -1.50. The zero-order chi connectivity index (χ0) is 20.4. The first-order chi connectivity index (χ1) is 13.3. The van der Waals surface area contributed by atoms with Crippen LogP contribution in [0.15, 0.2) is 30.5 Å². The average molecular weight is 390 g/mol. The molecule has 1 atom stereocenters. The van der Waals surface area contributed by atoms with Gasteiger partial charge in [-0.2, -0.15) is 5.10 Å². The van der Waals surface area contributed by atoms with Crippen LogP contribution in [0.5, 0.6) is 11.5 Å². The lowest BCUT2D eigenvalue weighted by molar-refractivity contribution is 0.0940. The van der Waals surface area contributed by atoms with Crippen LogP contribution < -0.4 is 14.8 Å². The number of benzene rings is 1. The van der Waals surface area contributed by atoms with Gasteiger partial charge in [-0.1, -0.05) is 0 Å². The first-order valence-corrected chi connectivity index (χ1v) is 8.52. The Morgan fingerprint density at radius 1 is 1.21 bits per heavy atom. The molecule has 1 amide bonds. The molecule has 148 valence electrons. The van der Waals surface area contributed by atoms with E-state index in [-0.39, 0.29) is 16.9 Å². The van der Waals surface area contributed by atoms with Gasteiger partial charge in [-0.3, -0.25) is 4.79 Å². The van der Waals surface area contributed by atoms with Crippen molar-refractivity contribution in [3.63, 3.8) is 0 Å². The number of carbonyl (C=O) groups is 1. The van der Waals surface area contributed by atoms with Crippen molar-refractivity contribution >= 4 is 11.6 Å². The number of nitrogens with zero attached hydrogens (tertiary/aromatic N) is 3. The maximum Gasteiger partial charge on any atom is 0.280 e.